The second-order valence-corrected chi connectivity index (χ2v) is 23.1. The SMILES string of the molecule is COCCCOC1CCC2(C)C(C1)C(=O)C1=C3C24C#CCC2CN2C(=O)C2NC(O)C5OC(C(CO)C5C25CCC(c2ccc(O)cc2)C5)C(O)(O)C(C)(O)C2CC(CC1)C3(O)C2(C)CC4. The lowest BCUT2D eigenvalue weighted by molar-refractivity contribution is -0.345. The minimum Gasteiger partial charge on any atom is -0.508 e. The normalized spacial score (nSPS) is 49.6. The largest absolute Gasteiger partial charge is 0.508 e. The molecule has 1 aromatic carbocycles. The molecule has 0 aromatic heterocycles. The van der Waals surface area contributed by atoms with Gasteiger partial charge in [0.2, 0.25) is 11.7 Å². The molecule has 11 rings (SSSR count). The number of carbonyl (C=O) groups is 2. The van der Waals surface area contributed by atoms with Gasteiger partial charge in [0.15, 0.2) is 5.78 Å². The van der Waals surface area contributed by atoms with Gasteiger partial charge in [0.25, 0.3) is 0 Å². The Balaban J connectivity index is 1.05. The quantitative estimate of drug-likeness (QED) is 0.0856. The fourth-order valence-corrected chi connectivity index (χ4v) is 17.1. The number of phenols is 1. The number of benzene rings is 1. The summed E-state index contributed by atoms with van der Waals surface area (Å²) in [5.41, 5.74) is -5.32. The first-order valence-corrected chi connectivity index (χ1v) is 24.9. The summed E-state index contributed by atoms with van der Waals surface area (Å²) in [4.78, 5) is 32.1. The molecule has 18 atom stereocenters. The van der Waals surface area contributed by atoms with Crippen LogP contribution >= 0.6 is 0 Å². The van der Waals surface area contributed by atoms with Crippen molar-refractivity contribution in [3.8, 4) is 17.6 Å². The molecule has 10 aliphatic rings. The lowest BCUT2D eigenvalue weighted by Crippen LogP contribution is -2.71. The average molecular weight is 915 g/mol. The highest BCUT2D eigenvalue weighted by molar-refractivity contribution is 6.01. The summed E-state index contributed by atoms with van der Waals surface area (Å²) < 4.78 is 18.3. The third-order valence-corrected chi connectivity index (χ3v) is 20.6. The number of nitrogens with one attached hydrogen (secondary N) is 1. The van der Waals surface area contributed by atoms with Crippen LogP contribution in [0.2, 0.25) is 0 Å². The molecular weight excluding hydrogens is 845 g/mol. The fraction of sp³-hybridized carbons (Fsp3) is 0.769. The summed E-state index contributed by atoms with van der Waals surface area (Å²) in [5.74, 6) is 0.875. The lowest BCUT2D eigenvalue weighted by Gasteiger charge is -2.67. The monoisotopic (exact) mass is 914 g/mol. The van der Waals surface area contributed by atoms with E-state index in [1.807, 2.05) is 19.1 Å². The molecule has 8 N–H and O–H groups in total. The predicted molar refractivity (Wildman–Crippen MR) is 238 cm³/mol. The predicted octanol–water partition coefficient (Wildman–Crippen LogP) is 3.03. The maximum atomic E-state index is 15.2. The number of aromatic hydroxyl groups is 1. The number of phenolic OH excluding ortho intramolecular Hbond substituents is 1. The van der Waals surface area contributed by atoms with Gasteiger partial charge in [0, 0.05) is 74.4 Å². The minimum absolute atomic E-state index is 0.0347. The maximum absolute atomic E-state index is 15.2. The van der Waals surface area contributed by atoms with Gasteiger partial charge in [-0.1, -0.05) is 31.9 Å². The standard InChI is InChI=1S/C52H70N2O12/c1-46-17-15-33(65-22-6-21-64-4)24-36(46)39(57)34-13-10-30-23-37-47(2)19-20-50(46,41(34)51(30,47)61)16-5-7-31-26-54(31)45(59)42-49(18-14-29(25-49)28-8-11-32(56)12-9-28)38-35(27-55)43(52(62,63)48(37,3)60)66-40(38)44(58)53-42/h8-9,11-12,29-31,33,35-38,40,42-44,53,55-56,58,60-63H,6-7,10,13-15,17-27H2,1-4H3. The second-order valence-electron chi connectivity index (χ2n) is 23.1. The van der Waals surface area contributed by atoms with Crippen molar-refractivity contribution in [1.82, 2.24) is 10.2 Å². The number of hydrogen-bond acceptors (Lipinski definition) is 13. The van der Waals surface area contributed by atoms with Crippen LogP contribution in [0.15, 0.2) is 35.4 Å². The van der Waals surface area contributed by atoms with Crippen molar-refractivity contribution in [2.24, 2.45) is 51.2 Å². The molecule has 1 aromatic rings. The number of hydrogen-bond donors (Lipinski definition) is 8. The number of methoxy groups -OCH3 is 1. The topological polar surface area (TPSA) is 218 Å². The molecule has 18 unspecified atom stereocenters. The van der Waals surface area contributed by atoms with Crippen molar-refractivity contribution in [2.75, 3.05) is 33.5 Å². The lowest BCUT2D eigenvalue weighted by atomic mass is 9.37. The Morgan fingerprint density at radius 2 is 1.73 bits per heavy atom. The Labute approximate surface area is 387 Å². The molecule has 6 aliphatic carbocycles. The highest BCUT2D eigenvalue weighted by atomic mass is 16.6. The molecular formula is C52H70N2O12. The zero-order chi connectivity index (χ0) is 46.6. The van der Waals surface area contributed by atoms with Crippen LogP contribution in [0, 0.1) is 63.1 Å². The van der Waals surface area contributed by atoms with Gasteiger partial charge in [-0.15, -0.1) is 5.92 Å². The van der Waals surface area contributed by atoms with Crippen LogP contribution < -0.4 is 5.32 Å². The van der Waals surface area contributed by atoms with Gasteiger partial charge >= 0.3 is 0 Å². The third kappa shape index (κ3) is 5.85. The number of carbonyl (C=O) groups excluding carboxylic acids is 2. The molecule has 1 amide bonds. The van der Waals surface area contributed by atoms with E-state index in [1.165, 1.54) is 6.92 Å². The number of ether oxygens (including phenoxy) is 3. The Hall–Kier alpha value is -2.94. The van der Waals surface area contributed by atoms with E-state index in [4.69, 9.17) is 14.2 Å². The van der Waals surface area contributed by atoms with Gasteiger partial charge in [-0.3, -0.25) is 14.9 Å². The number of amides is 1. The highest BCUT2D eigenvalue weighted by Gasteiger charge is 2.80. The van der Waals surface area contributed by atoms with Gasteiger partial charge in [0.05, 0.1) is 29.2 Å². The van der Waals surface area contributed by atoms with E-state index < -0.39 is 93.4 Å². The van der Waals surface area contributed by atoms with Gasteiger partial charge in [-0.05, 0) is 130 Å². The number of aliphatic hydroxyl groups excluding tert-OH is 2. The molecule has 14 nitrogen and oxygen atoms in total. The van der Waals surface area contributed by atoms with E-state index in [0.717, 1.165) is 18.4 Å². The van der Waals surface area contributed by atoms with Crippen molar-refractivity contribution in [1.29, 1.82) is 0 Å². The minimum atomic E-state index is -3.02. The van der Waals surface area contributed by atoms with Crippen LogP contribution in [0.1, 0.15) is 116 Å². The summed E-state index contributed by atoms with van der Waals surface area (Å²) in [5, 5.41) is 89.6. The molecule has 66 heavy (non-hydrogen) atoms. The van der Waals surface area contributed by atoms with E-state index in [1.54, 1.807) is 24.1 Å². The Morgan fingerprint density at radius 3 is 2.47 bits per heavy atom. The van der Waals surface area contributed by atoms with Gasteiger partial charge in [-0.2, -0.15) is 0 Å². The number of ketones is 1. The molecule has 7 bridgehead atoms. The molecule has 360 valence electrons. The van der Waals surface area contributed by atoms with Crippen LogP contribution in [-0.2, 0) is 23.8 Å². The number of allylic oxidation sites excluding steroid dienone is 1. The van der Waals surface area contributed by atoms with Crippen LogP contribution in [0.4, 0.5) is 0 Å². The summed E-state index contributed by atoms with van der Waals surface area (Å²) >= 11 is 0. The van der Waals surface area contributed by atoms with Crippen LogP contribution in [0.25, 0.3) is 0 Å². The second kappa shape index (κ2) is 15.3. The van der Waals surface area contributed by atoms with Crippen LogP contribution in [0.5, 0.6) is 5.75 Å². The van der Waals surface area contributed by atoms with Crippen LogP contribution in [0.3, 0.4) is 0 Å². The molecule has 3 saturated heterocycles. The molecule has 1 spiro atoms. The number of fused-ring (bicyclic) bond motifs is 3. The van der Waals surface area contributed by atoms with Crippen molar-refractivity contribution < 1.29 is 59.5 Å². The van der Waals surface area contributed by atoms with E-state index in [0.29, 0.717) is 95.1 Å². The highest BCUT2D eigenvalue weighted by Crippen LogP contribution is 2.77. The number of piperidine rings is 1. The van der Waals surface area contributed by atoms with E-state index in [2.05, 4.69) is 24.1 Å². The van der Waals surface area contributed by atoms with Crippen molar-refractivity contribution >= 4 is 11.7 Å². The first kappa shape index (κ1) is 45.5. The van der Waals surface area contributed by atoms with Gasteiger partial charge in [0.1, 0.15) is 29.8 Å². The number of rotatable bonds is 7. The van der Waals surface area contributed by atoms with E-state index in [9.17, 15) is 35.7 Å². The molecule has 0 radical (unpaired) electrons. The summed E-state index contributed by atoms with van der Waals surface area (Å²) in [6, 6.07) is 5.93. The van der Waals surface area contributed by atoms with Crippen LogP contribution in [-0.4, -0.2) is 139 Å². The molecule has 4 saturated carbocycles. The molecule has 4 heterocycles. The zero-order valence-corrected chi connectivity index (χ0v) is 38.9. The van der Waals surface area contributed by atoms with Gasteiger partial charge in [-0.25, -0.2) is 0 Å². The van der Waals surface area contributed by atoms with Crippen molar-refractivity contribution in [3.05, 3.63) is 41.0 Å². The first-order valence-electron chi connectivity index (χ1n) is 24.9. The molecule has 14 heteroatoms. The zero-order valence-electron chi connectivity index (χ0n) is 38.9. The van der Waals surface area contributed by atoms with E-state index in [-0.39, 0.29) is 47.8 Å². The Kier molecular flexibility index (Phi) is 10.5. The third-order valence-electron chi connectivity index (χ3n) is 20.6. The Bertz CT molecular complexity index is 2250. The first-order chi connectivity index (χ1) is 31.3. The summed E-state index contributed by atoms with van der Waals surface area (Å²) in [6.45, 7) is 6.54. The van der Waals surface area contributed by atoms with Crippen molar-refractivity contribution in [2.45, 2.75) is 164 Å². The maximum Gasteiger partial charge on any atom is 0.240 e. The molecule has 7 fully saturated rings. The number of nitrogens with zero attached hydrogens (tertiary/aromatic N) is 1. The average Bonchev–Trinajstić information content (AvgIpc) is 3.60. The van der Waals surface area contributed by atoms with Gasteiger partial charge < -0.3 is 54.9 Å². The van der Waals surface area contributed by atoms with E-state index >= 15 is 9.59 Å². The number of aliphatic hydroxyl groups is 6. The fourth-order valence-electron chi connectivity index (χ4n) is 17.1. The number of Topliss-reactive ketones (excluding diaryl/α,β-unsaturated/α-hetero) is 1. The summed E-state index contributed by atoms with van der Waals surface area (Å²) in [7, 11) is 1.67. The Morgan fingerprint density at radius 1 is 0.955 bits per heavy atom. The summed E-state index contributed by atoms with van der Waals surface area (Å²) in [6.07, 6.45) is 2.56. The smallest absolute Gasteiger partial charge is 0.240 e. The van der Waals surface area contributed by atoms with Crippen molar-refractivity contribution in [3.63, 3.8) is 0 Å². The molecule has 4 aliphatic heterocycles.